The third-order valence-electron chi connectivity index (χ3n) is 4.79. The molecule has 0 unspecified atom stereocenters. The van der Waals surface area contributed by atoms with Crippen molar-refractivity contribution in [2.75, 3.05) is 38.8 Å². The summed E-state index contributed by atoms with van der Waals surface area (Å²) in [5.74, 6) is 1.19. The van der Waals surface area contributed by atoms with Crippen LogP contribution in [0.1, 0.15) is 12.5 Å². The van der Waals surface area contributed by atoms with Gasteiger partial charge in [-0.25, -0.2) is 0 Å². The summed E-state index contributed by atoms with van der Waals surface area (Å²) in [5, 5.41) is 2.17. The van der Waals surface area contributed by atoms with Gasteiger partial charge in [-0.2, -0.15) is 0 Å². The molecule has 10 heteroatoms. The van der Waals surface area contributed by atoms with E-state index in [1.165, 1.54) is 0 Å². The first-order valence-electron chi connectivity index (χ1n) is 10.2. The Morgan fingerprint density at radius 1 is 1.12 bits per heavy atom. The zero-order chi connectivity index (χ0) is 23.4. The highest BCUT2D eigenvalue weighted by molar-refractivity contribution is 8.18. The van der Waals surface area contributed by atoms with E-state index in [2.05, 4.69) is 5.32 Å². The SMILES string of the molecule is CCOc1cc(/C=C2/SC(=O)N(CC(=O)Nc3ccc4c(c3)OCCO4)C2=O)ccc1OC. The summed E-state index contributed by atoms with van der Waals surface area (Å²) in [6.07, 6.45) is 1.59. The smallest absolute Gasteiger partial charge is 0.294 e. The molecule has 0 saturated carbocycles. The molecule has 0 atom stereocenters. The molecule has 172 valence electrons. The van der Waals surface area contributed by atoms with Gasteiger partial charge in [0.15, 0.2) is 23.0 Å². The van der Waals surface area contributed by atoms with Crippen LogP contribution in [0.2, 0.25) is 0 Å². The fraction of sp³-hybridized carbons (Fsp3) is 0.261. The third-order valence-corrected chi connectivity index (χ3v) is 5.69. The summed E-state index contributed by atoms with van der Waals surface area (Å²) in [7, 11) is 1.54. The molecule has 0 radical (unpaired) electrons. The van der Waals surface area contributed by atoms with Crippen molar-refractivity contribution in [3.05, 3.63) is 46.9 Å². The van der Waals surface area contributed by atoms with Gasteiger partial charge in [-0.3, -0.25) is 19.3 Å². The van der Waals surface area contributed by atoms with Crippen molar-refractivity contribution in [1.82, 2.24) is 4.90 Å². The maximum Gasteiger partial charge on any atom is 0.294 e. The zero-order valence-corrected chi connectivity index (χ0v) is 18.9. The molecule has 0 bridgehead atoms. The highest BCUT2D eigenvalue weighted by Crippen LogP contribution is 2.35. The second-order valence-corrected chi connectivity index (χ2v) is 8.01. The van der Waals surface area contributed by atoms with Crippen LogP contribution in [0.25, 0.3) is 6.08 Å². The van der Waals surface area contributed by atoms with Crippen molar-refractivity contribution in [1.29, 1.82) is 0 Å². The van der Waals surface area contributed by atoms with E-state index < -0.39 is 23.6 Å². The molecule has 2 aromatic rings. The van der Waals surface area contributed by atoms with Crippen LogP contribution >= 0.6 is 11.8 Å². The Hall–Kier alpha value is -3.66. The first-order chi connectivity index (χ1) is 16.0. The van der Waals surface area contributed by atoms with Gasteiger partial charge >= 0.3 is 0 Å². The van der Waals surface area contributed by atoms with Gasteiger partial charge in [-0.15, -0.1) is 0 Å². The number of hydrogen-bond acceptors (Lipinski definition) is 8. The van der Waals surface area contributed by atoms with Crippen LogP contribution in [-0.2, 0) is 9.59 Å². The van der Waals surface area contributed by atoms with Crippen molar-refractivity contribution in [2.45, 2.75) is 6.92 Å². The van der Waals surface area contributed by atoms with Gasteiger partial charge in [0.05, 0.1) is 18.6 Å². The lowest BCUT2D eigenvalue weighted by Gasteiger charge is -2.19. The Morgan fingerprint density at radius 2 is 1.91 bits per heavy atom. The Bertz CT molecular complexity index is 1130. The van der Waals surface area contributed by atoms with Crippen molar-refractivity contribution in [2.24, 2.45) is 0 Å². The first kappa shape index (κ1) is 22.5. The number of amides is 3. The highest BCUT2D eigenvalue weighted by Gasteiger charge is 2.36. The number of rotatable bonds is 7. The number of methoxy groups -OCH3 is 1. The Kier molecular flexibility index (Phi) is 6.74. The maximum absolute atomic E-state index is 12.8. The Labute approximate surface area is 194 Å². The number of carbonyl (C=O) groups is 3. The molecule has 1 N–H and O–H groups in total. The van der Waals surface area contributed by atoms with Gasteiger partial charge in [-0.1, -0.05) is 6.07 Å². The quantitative estimate of drug-likeness (QED) is 0.613. The summed E-state index contributed by atoms with van der Waals surface area (Å²) >= 11 is 0.783. The van der Waals surface area contributed by atoms with Gasteiger partial charge in [0, 0.05) is 11.8 Å². The van der Waals surface area contributed by atoms with Crippen molar-refractivity contribution < 1.29 is 33.3 Å². The molecule has 0 spiro atoms. The standard InChI is InChI=1S/C23H22N2O7S/c1-3-30-18-10-14(4-6-16(18)29-2)11-20-22(27)25(23(28)33-20)13-21(26)24-15-5-7-17-19(12-15)32-9-8-31-17/h4-7,10-12H,3,8-9,13H2,1-2H3,(H,24,26)/b20-11+. The van der Waals surface area contributed by atoms with Crippen molar-refractivity contribution in [3.63, 3.8) is 0 Å². The summed E-state index contributed by atoms with van der Waals surface area (Å²) in [6.45, 7) is 2.80. The Balaban J connectivity index is 1.44. The fourth-order valence-electron chi connectivity index (χ4n) is 3.30. The molecule has 2 aliphatic rings. The van der Waals surface area contributed by atoms with E-state index in [0.29, 0.717) is 54.1 Å². The number of imide groups is 1. The van der Waals surface area contributed by atoms with Crippen LogP contribution in [0, 0.1) is 0 Å². The number of fused-ring (bicyclic) bond motifs is 1. The summed E-state index contributed by atoms with van der Waals surface area (Å²) < 4.78 is 21.8. The molecule has 1 fully saturated rings. The minimum Gasteiger partial charge on any atom is -0.493 e. The fourth-order valence-corrected chi connectivity index (χ4v) is 4.14. The second kappa shape index (κ2) is 9.86. The topological polar surface area (TPSA) is 103 Å². The van der Waals surface area contributed by atoms with Gasteiger partial charge in [0.25, 0.3) is 11.1 Å². The van der Waals surface area contributed by atoms with Gasteiger partial charge in [0.2, 0.25) is 5.91 Å². The molecule has 4 rings (SSSR count). The zero-order valence-electron chi connectivity index (χ0n) is 18.1. The number of hydrogen-bond donors (Lipinski definition) is 1. The van der Waals surface area contributed by atoms with Gasteiger partial charge in [0.1, 0.15) is 19.8 Å². The number of benzene rings is 2. The van der Waals surface area contributed by atoms with E-state index in [0.717, 1.165) is 16.7 Å². The number of nitrogens with zero attached hydrogens (tertiary/aromatic N) is 1. The number of nitrogens with one attached hydrogen (secondary N) is 1. The second-order valence-electron chi connectivity index (χ2n) is 7.02. The average molecular weight is 471 g/mol. The molecular weight excluding hydrogens is 448 g/mol. The van der Waals surface area contributed by atoms with Crippen LogP contribution in [0.15, 0.2) is 41.3 Å². The largest absolute Gasteiger partial charge is 0.493 e. The number of thioether (sulfide) groups is 1. The number of anilines is 1. The third kappa shape index (κ3) is 5.06. The van der Waals surface area contributed by atoms with Gasteiger partial charge in [-0.05, 0) is 54.6 Å². The van der Waals surface area contributed by atoms with E-state index in [4.69, 9.17) is 18.9 Å². The molecule has 0 aliphatic carbocycles. The van der Waals surface area contributed by atoms with E-state index in [1.807, 2.05) is 6.92 Å². The average Bonchev–Trinajstić information content (AvgIpc) is 3.06. The minimum absolute atomic E-state index is 0.222. The van der Waals surface area contributed by atoms with Crippen LogP contribution in [0.4, 0.5) is 10.5 Å². The molecule has 2 aromatic carbocycles. The maximum atomic E-state index is 12.8. The van der Waals surface area contributed by atoms with E-state index in [-0.39, 0.29) is 4.91 Å². The van der Waals surface area contributed by atoms with Crippen LogP contribution in [0.3, 0.4) is 0 Å². The van der Waals surface area contributed by atoms with E-state index in [1.54, 1.807) is 49.6 Å². The Morgan fingerprint density at radius 3 is 2.67 bits per heavy atom. The summed E-state index contributed by atoms with van der Waals surface area (Å²) in [5.41, 5.74) is 1.15. The van der Waals surface area contributed by atoms with E-state index >= 15 is 0 Å². The normalized spacial score (nSPS) is 16.2. The number of ether oxygens (including phenoxy) is 4. The molecule has 0 aromatic heterocycles. The summed E-state index contributed by atoms with van der Waals surface area (Å²) in [6, 6.07) is 10.2. The predicted octanol–water partition coefficient (Wildman–Crippen LogP) is 3.54. The first-order valence-corrected chi connectivity index (χ1v) is 11.1. The molecule has 33 heavy (non-hydrogen) atoms. The lowest BCUT2D eigenvalue weighted by atomic mass is 10.2. The highest BCUT2D eigenvalue weighted by atomic mass is 32.2. The minimum atomic E-state index is -0.531. The molecule has 2 heterocycles. The molecule has 3 amide bonds. The molecule has 9 nitrogen and oxygen atoms in total. The molecular formula is C23H22N2O7S. The lowest BCUT2D eigenvalue weighted by Crippen LogP contribution is -2.36. The van der Waals surface area contributed by atoms with Gasteiger partial charge < -0.3 is 24.3 Å². The van der Waals surface area contributed by atoms with Crippen molar-refractivity contribution >= 4 is 40.6 Å². The van der Waals surface area contributed by atoms with E-state index in [9.17, 15) is 14.4 Å². The predicted molar refractivity (Wildman–Crippen MR) is 123 cm³/mol. The molecule has 1 saturated heterocycles. The monoisotopic (exact) mass is 470 g/mol. The summed E-state index contributed by atoms with van der Waals surface area (Å²) in [4.78, 5) is 38.8. The van der Waals surface area contributed by atoms with Crippen LogP contribution in [0.5, 0.6) is 23.0 Å². The number of carbonyl (C=O) groups excluding carboxylic acids is 3. The molecule has 2 aliphatic heterocycles. The van der Waals surface area contributed by atoms with Crippen LogP contribution < -0.4 is 24.3 Å². The lowest BCUT2D eigenvalue weighted by molar-refractivity contribution is -0.127. The van der Waals surface area contributed by atoms with Crippen molar-refractivity contribution in [3.8, 4) is 23.0 Å². The van der Waals surface area contributed by atoms with Crippen LogP contribution in [-0.4, -0.2) is 55.4 Å².